The topological polar surface area (TPSA) is 64.1 Å². The predicted molar refractivity (Wildman–Crippen MR) is 112 cm³/mol. The molecule has 1 aliphatic carbocycles. The van der Waals surface area contributed by atoms with Gasteiger partial charge in [-0.1, -0.05) is 36.4 Å². The number of rotatable bonds is 6. The summed E-state index contributed by atoms with van der Waals surface area (Å²) in [4.78, 5) is 31.2. The molecule has 6 heteroatoms. The van der Waals surface area contributed by atoms with Crippen LogP contribution in [0, 0.1) is 5.92 Å². The van der Waals surface area contributed by atoms with E-state index in [0.717, 1.165) is 24.0 Å². The van der Waals surface area contributed by atoms with Crippen molar-refractivity contribution < 1.29 is 14.7 Å². The number of hydrogen-bond acceptors (Lipinski definition) is 4. The van der Waals surface area contributed by atoms with E-state index in [1.165, 1.54) is 0 Å². The molecule has 1 saturated carbocycles. The van der Waals surface area contributed by atoms with Crippen molar-refractivity contribution in [2.75, 3.05) is 40.3 Å². The lowest BCUT2D eigenvalue weighted by Gasteiger charge is -2.70. The molecule has 3 aliphatic rings. The summed E-state index contributed by atoms with van der Waals surface area (Å²) >= 11 is 0. The second kappa shape index (κ2) is 7.58. The van der Waals surface area contributed by atoms with E-state index in [-0.39, 0.29) is 36.3 Å². The van der Waals surface area contributed by atoms with E-state index in [1.807, 2.05) is 41.8 Å². The summed E-state index contributed by atoms with van der Waals surface area (Å²) in [7, 11) is 3.75. The quantitative estimate of drug-likeness (QED) is 0.791. The third-order valence-electron chi connectivity index (χ3n) is 6.50. The van der Waals surface area contributed by atoms with E-state index in [4.69, 9.17) is 0 Å². The highest BCUT2D eigenvalue weighted by molar-refractivity contribution is 5.85. The van der Waals surface area contributed by atoms with Crippen molar-refractivity contribution in [3.63, 3.8) is 0 Å². The van der Waals surface area contributed by atoms with Crippen LogP contribution in [0.2, 0.25) is 0 Å². The number of carbonyl (C=O) groups excluding carboxylic acids is 2. The Morgan fingerprint density at radius 2 is 1.86 bits per heavy atom. The van der Waals surface area contributed by atoms with E-state index < -0.39 is 5.54 Å². The van der Waals surface area contributed by atoms with Crippen molar-refractivity contribution >= 4 is 17.9 Å². The van der Waals surface area contributed by atoms with Gasteiger partial charge in [-0.3, -0.25) is 9.59 Å². The first-order chi connectivity index (χ1) is 13.9. The standard InChI is InChI=1S/C23H31N3O3/c1-4-5-16-6-8-17(9-7-16)21-19(13-27)26(20(28)12-24(2)3)23(21)14-25(15-23)22(29)18-10-11-18/h4-9,18-19,21,27H,10-15H2,1-3H3/b5-4+/t19-,21+/m0/s1. The van der Waals surface area contributed by atoms with E-state index >= 15 is 0 Å². The van der Waals surface area contributed by atoms with Crippen LogP contribution >= 0.6 is 0 Å². The number of carbonyl (C=O) groups is 2. The number of allylic oxidation sites excluding steroid dienone is 1. The van der Waals surface area contributed by atoms with E-state index in [0.29, 0.717) is 19.6 Å². The van der Waals surface area contributed by atoms with Gasteiger partial charge >= 0.3 is 0 Å². The van der Waals surface area contributed by atoms with Gasteiger partial charge in [0.2, 0.25) is 11.8 Å². The number of hydrogen-bond donors (Lipinski definition) is 1. The van der Waals surface area contributed by atoms with Crippen LogP contribution in [0.5, 0.6) is 0 Å². The fourth-order valence-electron chi connectivity index (χ4n) is 5.12. The summed E-state index contributed by atoms with van der Waals surface area (Å²) in [6.45, 7) is 3.36. The third kappa shape index (κ3) is 3.38. The highest BCUT2D eigenvalue weighted by atomic mass is 16.3. The van der Waals surface area contributed by atoms with Crippen molar-refractivity contribution in [2.24, 2.45) is 5.92 Å². The minimum atomic E-state index is -0.396. The molecule has 2 atom stereocenters. The molecule has 3 fully saturated rings. The molecular weight excluding hydrogens is 366 g/mol. The molecule has 1 spiro atoms. The second-order valence-electron chi connectivity index (χ2n) is 8.97. The van der Waals surface area contributed by atoms with Gasteiger partial charge in [0.25, 0.3) is 0 Å². The average Bonchev–Trinajstić information content (AvgIpc) is 3.46. The van der Waals surface area contributed by atoms with Crippen molar-refractivity contribution in [3.05, 3.63) is 41.5 Å². The van der Waals surface area contributed by atoms with E-state index in [9.17, 15) is 14.7 Å². The molecule has 0 radical (unpaired) electrons. The number of aliphatic hydroxyl groups excluding tert-OH is 1. The molecule has 6 nitrogen and oxygen atoms in total. The zero-order valence-corrected chi connectivity index (χ0v) is 17.5. The minimum Gasteiger partial charge on any atom is -0.394 e. The van der Waals surface area contributed by atoms with Gasteiger partial charge in [-0.15, -0.1) is 0 Å². The first-order valence-corrected chi connectivity index (χ1v) is 10.5. The highest BCUT2D eigenvalue weighted by Gasteiger charge is 2.68. The van der Waals surface area contributed by atoms with Gasteiger partial charge in [0, 0.05) is 24.9 Å². The maximum atomic E-state index is 13.0. The van der Waals surface area contributed by atoms with Gasteiger partial charge in [-0.2, -0.15) is 0 Å². The summed E-state index contributed by atoms with van der Waals surface area (Å²) in [5.41, 5.74) is 1.86. The Bertz CT molecular complexity index is 807. The average molecular weight is 398 g/mol. The molecule has 2 saturated heterocycles. The number of likely N-dealkylation sites (N-methyl/N-ethyl adjacent to an activating group) is 1. The molecule has 0 unspecified atom stereocenters. The summed E-state index contributed by atoms with van der Waals surface area (Å²) in [5, 5.41) is 10.1. The highest BCUT2D eigenvalue weighted by Crippen LogP contribution is 2.54. The van der Waals surface area contributed by atoms with E-state index in [2.05, 4.69) is 30.3 Å². The van der Waals surface area contributed by atoms with Crippen LogP contribution in [0.4, 0.5) is 0 Å². The summed E-state index contributed by atoms with van der Waals surface area (Å²) in [6.07, 6.45) is 6.03. The number of amides is 2. The largest absolute Gasteiger partial charge is 0.394 e. The Kier molecular flexibility index (Phi) is 5.25. The molecule has 1 aromatic carbocycles. The first kappa shape index (κ1) is 20.1. The van der Waals surface area contributed by atoms with Crippen LogP contribution < -0.4 is 0 Å². The van der Waals surface area contributed by atoms with E-state index in [1.54, 1.807) is 0 Å². The fraction of sp³-hybridized carbons (Fsp3) is 0.565. The molecular formula is C23H31N3O3. The Balaban J connectivity index is 1.61. The third-order valence-corrected chi connectivity index (χ3v) is 6.50. The van der Waals surface area contributed by atoms with Crippen LogP contribution in [0.1, 0.15) is 36.8 Å². The molecule has 2 heterocycles. The molecule has 0 aromatic heterocycles. The zero-order chi connectivity index (χ0) is 20.8. The molecule has 4 rings (SSSR count). The lowest BCUT2D eigenvalue weighted by Crippen LogP contribution is -2.86. The molecule has 156 valence electrons. The maximum Gasteiger partial charge on any atom is 0.237 e. The number of nitrogens with zero attached hydrogens (tertiary/aromatic N) is 3. The van der Waals surface area contributed by atoms with Gasteiger partial charge in [-0.25, -0.2) is 0 Å². The Labute approximate surface area is 172 Å². The smallest absolute Gasteiger partial charge is 0.237 e. The first-order valence-electron chi connectivity index (χ1n) is 10.5. The SMILES string of the molecule is C/C=C/c1ccc([C@@H]2[C@H](CO)N(C(=O)CN(C)C)C23CN(C(=O)C2CC2)C3)cc1. The molecule has 1 N–H and O–H groups in total. The lowest BCUT2D eigenvalue weighted by molar-refractivity contribution is -0.203. The van der Waals surface area contributed by atoms with Gasteiger partial charge in [0.05, 0.1) is 24.7 Å². The van der Waals surface area contributed by atoms with Gasteiger partial charge in [0.1, 0.15) is 0 Å². The summed E-state index contributed by atoms with van der Waals surface area (Å²) < 4.78 is 0. The lowest BCUT2D eigenvalue weighted by atomic mass is 9.60. The minimum absolute atomic E-state index is 0.0226. The number of likely N-dealkylation sites (tertiary alicyclic amines) is 2. The fourth-order valence-corrected chi connectivity index (χ4v) is 5.12. The second-order valence-corrected chi connectivity index (χ2v) is 8.97. The van der Waals surface area contributed by atoms with Gasteiger partial charge in [0.15, 0.2) is 0 Å². The summed E-state index contributed by atoms with van der Waals surface area (Å²) in [6, 6.07) is 8.11. The number of benzene rings is 1. The normalized spacial score (nSPS) is 25.4. The molecule has 1 aromatic rings. The van der Waals surface area contributed by atoms with Gasteiger partial charge in [-0.05, 0) is 45.0 Å². The Morgan fingerprint density at radius 1 is 1.21 bits per heavy atom. The molecule has 0 bridgehead atoms. The molecule has 2 amide bonds. The molecule has 29 heavy (non-hydrogen) atoms. The van der Waals surface area contributed by atoms with Crippen molar-refractivity contribution in [3.8, 4) is 0 Å². The van der Waals surface area contributed by atoms with Crippen LogP contribution in [0.15, 0.2) is 30.3 Å². The van der Waals surface area contributed by atoms with Crippen LogP contribution in [-0.4, -0.2) is 83.5 Å². The summed E-state index contributed by atoms with van der Waals surface area (Å²) in [5.74, 6) is 0.478. The van der Waals surface area contributed by atoms with Gasteiger partial charge < -0.3 is 19.8 Å². The Hall–Kier alpha value is -2.18. The maximum absolute atomic E-state index is 13.0. The number of aliphatic hydroxyl groups is 1. The van der Waals surface area contributed by atoms with Crippen molar-refractivity contribution in [1.82, 2.24) is 14.7 Å². The van der Waals surface area contributed by atoms with Crippen molar-refractivity contribution in [1.29, 1.82) is 0 Å². The molecule has 2 aliphatic heterocycles. The van der Waals surface area contributed by atoms with Crippen molar-refractivity contribution in [2.45, 2.75) is 37.3 Å². The van der Waals surface area contributed by atoms with Crippen LogP contribution in [0.25, 0.3) is 6.08 Å². The Morgan fingerprint density at radius 3 is 2.38 bits per heavy atom. The van der Waals surface area contributed by atoms with Crippen LogP contribution in [0.3, 0.4) is 0 Å². The monoisotopic (exact) mass is 397 g/mol. The zero-order valence-electron chi connectivity index (χ0n) is 17.5. The van der Waals surface area contributed by atoms with Crippen LogP contribution in [-0.2, 0) is 9.59 Å². The predicted octanol–water partition coefficient (Wildman–Crippen LogP) is 1.56.